The fourth-order valence-corrected chi connectivity index (χ4v) is 7.87. The normalized spacial score (nSPS) is 16.4. The fourth-order valence-electron chi connectivity index (χ4n) is 7.30. The molecule has 53 heavy (non-hydrogen) atoms. The van der Waals surface area contributed by atoms with Crippen LogP contribution in [0.5, 0.6) is 0 Å². The maximum atomic E-state index is 14.4. The van der Waals surface area contributed by atoms with Crippen LogP contribution in [0.4, 0.5) is 5.13 Å². The van der Waals surface area contributed by atoms with Gasteiger partial charge in [0.2, 0.25) is 17.7 Å². The van der Waals surface area contributed by atoms with Gasteiger partial charge in [-0.25, -0.2) is 4.98 Å². The molecule has 5 atom stereocenters. The van der Waals surface area contributed by atoms with Crippen LogP contribution in [0.3, 0.4) is 0 Å². The summed E-state index contributed by atoms with van der Waals surface area (Å²) in [6.07, 6.45) is 7.36. The maximum Gasteiger partial charge on any atom is 0.241 e. The molecule has 1 saturated carbocycles. The molecule has 1 aliphatic rings. The summed E-state index contributed by atoms with van der Waals surface area (Å²) in [5.41, 5.74) is 8.38. The lowest BCUT2D eigenvalue weighted by atomic mass is 9.82. The minimum Gasteiger partial charge on any atom is -0.390 e. The Morgan fingerprint density at radius 1 is 0.981 bits per heavy atom. The number of nitrogens with two attached hydrogens (primary N) is 1. The lowest BCUT2D eigenvalue weighted by Crippen LogP contribution is -2.52. The van der Waals surface area contributed by atoms with E-state index in [1.165, 1.54) is 17.8 Å². The molecule has 0 saturated heterocycles. The molecule has 2 heterocycles. The van der Waals surface area contributed by atoms with Crippen LogP contribution in [-0.2, 0) is 27.2 Å². The van der Waals surface area contributed by atoms with Gasteiger partial charge in [0.1, 0.15) is 12.6 Å². The molecular weight excluding hydrogens is 689 g/mol. The standard InChI is InChI=1S/C41H60N6O5S/c1-28(2)22-36(48)39(51)35(23-30-14-7-5-8-15-30)45-40(52)32(24-34-27-53-41(42)44-34)25-37(49)47(29(3)31-16-9-6-10-17-31)26-38(50)46(4)21-13-19-33-18-11-12-20-43-33/h6,9-12,16-18,20,27-30,32,35-36,39,48,51H,5,7-8,13-15,19,21-26H2,1-4H3,(H2,42,44)(H,45,52)/t29-,32+,35-,36-,39+/m0/s1. The number of nitrogens with zero attached hydrogens (tertiary/aromatic N) is 4. The molecule has 1 aliphatic carbocycles. The first-order valence-corrected chi connectivity index (χ1v) is 20.1. The van der Waals surface area contributed by atoms with E-state index in [1.807, 2.05) is 69.3 Å². The Hall–Kier alpha value is -3.87. The monoisotopic (exact) mass is 748 g/mol. The van der Waals surface area contributed by atoms with E-state index in [4.69, 9.17) is 5.73 Å². The number of aryl methyl sites for hydroxylation is 1. The second-order valence-corrected chi connectivity index (χ2v) is 16.1. The zero-order valence-corrected chi connectivity index (χ0v) is 32.7. The van der Waals surface area contributed by atoms with E-state index in [-0.39, 0.29) is 37.1 Å². The highest BCUT2D eigenvalue weighted by atomic mass is 32.1. The van der Waals surface area contributed by atoms with Crippen LogP contribution in [0, 0.1) is 17.8 Å². The summed E-state index contributed by atoms with van der Waals surface area (Å²) in [4.78, 5) is 54.4. The minimum absolute atomic E-state index is 0.154. The maximum absolute atomic E-state index is 14.4. The number of carbonyl (C=O) groups is 3. The Kier molecular flexibility index (Phi) is 16.7. The van der Waals surface area contributed by atoms with E-state index in [0.29, 0.717) is 36.1 Å². The largest absolute Gasteiger partial charge is 0.390 e. The predicted molar refractivity (Wildman–Crippen MR) is 210 cm³/mol. The number of likely N-dealkylation sites (N-methyl/N-ethyl adjacent to an activating group) is 1. The number of hydrogen-bond donors (Lipinski definition) is 4. The smallest absolute Gasteiger partial charge is 0.241 e. The Bertz CT molecular complexity index is 1550. The number of aliphatic hydroxyl groups is 2. The van der Waals surface area contributed by atoms with Crippen molar-refractivity contribution in [2.24, 2.45) is 17.8 Å². The van der Waals surface area contributed by atoms with E-state index in [0.717, 1.165) is 49.8 Å². The molecule has 0 spiro atoms. The second-order valence-electron chi connectivity index (χ2n) is 15.2. The van der Waals surface area contributed by atoms with Gasteiger partial charge in [-0.15, -0.1) is 11.3 Å². The molecule has 2 aromatic heterocycles. The van der Waals surface area contributed by atoms with Gasteiger partial charge in [-0.2, -0.15) is 0 Å². The molecule has 12 heteroatoms. The molecule has 290 valence electrons. The molecule has 3 aromatic rings. The third-order valence-electron chi connectivity index (χ3n) is 10.4. The molecule has 0 aliphatic heterocycles. The number of benzene rings is 1. The highest BCUT2D eigenvalue weighted by Crippen LogP contribution is 2.30. The van der Waals surface area contributed by atoms with Crippen molar-refractivity contribution < 1.29 is 24.6 Å². The summed E-state index contributed by atoms with van der Waals surface area (Å²) in [7, 11) is 1.74. The van der Waals surface area contributed by atoms with E-state index < -0.39 is 36.1 Å². The van der Waals surface area contributed by atoms with Crippen LogP contribution in [0.25, 0.3) is 0 Å². The number of aliphatic hydroxyl groups excluding tert-OH is 2. The average molecular weight is 749 g/mol. The van der Waals surface area contributed by atoms with Gasteiger partial charge in [0.25, 0.3) is 0 Å². The lowest BCUT2D eigenvalue weighted by molar-refractivity contribution is -0.144. The molecule has 1 fully saturated rings. The Morgan fingerprint density at radius 3 is 2.34 bits per heavy atom. The summed E-state index contributed by atoms with van der Waals surface area (Å²) >= 11 is 1.27. The van der Waals surface area contributed by atoms with Crippen molar-refractivity contribution in [3.05, 3.63) is 77.1 Å². The predicted octanol–water partition coefficient (Wildman–Crippen LogP) is 5.57. The highest BCUT2D eigenvalue weighted by molar-refractivity contribution is 7.13. The number of hydrogen-bond acceptors (Lipinski definition) is 9. The van der Waals surface area contributed by atoms with Gasteiger partial charge >= 0.3 is 0 Å². The Morgan fingerprint density at radius 2 is 1.70 bits per heavy atom. The SMILES string of the molecule is CC(C)C[C@H](O)[C@H](O)[C@H](CC1CCCCC1)NC(=O)[C@@H](CC(=O)N(CC(=O)N(C)CCCc1ccccn1)[C@@H](C)c1ccccc1)Cc1csc(N)n1. The van der Waals surface area contributed by atoms with Crippen LogP contribution < -0.4 is 11.1 Å². The molecule has 0 radical (unpaired) electrons. The first-order valence-electron chi connectivity index (χ1n) is 19.3. The van der Waals surface area contributed by atoms with Crippen LogP contribution >= 0.6 is 11.3 Å². The number of nitrogen functional groups attached to an aromatic ring is 1. The van der Waals surface area contributed by atoms with Crippen LogP contribution in [0.15, 0.2) is 60.1 Å². The molecule has 1 aromatic carbocycles. The molecule has 0 unspecified atom stereocenters. The third-order valence-corrected chi connectivity index (χ3v) is 11.2. The number of aromatic nitrogens is 2. The zero-order valence-electron chi connectivity index (χ0n) is 31.9. The number of amides is 3. The first kappa shape index (κ1) is 41.9. The molecule has 0 bridgehead atoms. The van der Waals surface area contributed by atoms with E-state index in [9.17, 15) is 24.6 Å². The summed E-state index contributed by atoms with van der Waals surface area (Å²) in [5, 5.41) is 27.6. The van der Waals surface area contributed by atoms with Gasteiger partial charge in [-0.05, 0) is 62.1 Å². The second kappa shape index (κ2) is 21.1. The number of carbonyl (C=O) groups excluding carboxylic acids is 3. The number of anilines is 1. The lowest BCUT2D eigenvalue weighted by Gasteiger charge is -2.34. The van der Waals surface area contributed by atoms with Crippen molar-refractivity contribution in [2.75, 3.05) is 25.9 Å². The van der Waals surface area contributed by atoms with Gasteiger partial charge < -0.3 is 31.1 Å². The van der Waals surface area contributed by atoms with Crippen molar-refractivity contribution in [1.82, 2.24) is 25.1 Å². The molecule has 4 rings (SSSR count). The summed E-state index contributed by atoms with van der Waals surface area (Å²) < 4.78 is 0. The number of pyridine rings is 1. The number of nitrogens with one attached hydrogen (secondary N) is 1. The third kappa shape index (κ3) is 13.5. The van der Waals surface area contributed by atoms with E-state index >= 15 is 0 Å². The van der Waals surface area contributed by atoms with Gasteiger partial charge in [0, 0.05) is 43.7 Å². The van der Waals surface area contributed by atoms with Crippen molar-refractivity contribution in [3.63, 3.8) is 0 Å². The first-order chi connectivity index (χ1) is 25.4. The quantitative estimate of drug-likeness (QED) is 0.117. The number of thiazole rings is 1. The Labute approximate surface area is 319 Å². The summed E-state index contributed by atoms with van der Waals surface area (Å²) in [6.45, 7) is 6.21. The average Bonchev–Trinajstić information content (AvgIpc) is 3.57. The molecule has 11 nitrogen and oxygen atoms in total. The zero-order chi connectivity index (χ0) is 38.3. The Balaban J connectivity index is 1.55. The van der Waals surface area contributed by atoms with Gasteiger partial charge in [0.15, 0.2) is 5.13 Å². The minimum atomic E-state index is -1.16. The molecule has 5 N–H and O–H groups in total. The topological polar surface area (TPSA) is 162 Å². The summed E-state index contributed by atoms with van der Waals surface area (Å²) in [5.74, 6) is -1.32. The molecule has 3 amide bonds. The van der Waals surface area contributed by atoms with Crippen LogP contribution in [0.2, 0.25) is 0 Å². The molecular formula is C41H60N6O5S. The van der Waals surface area contributed by atoms with Gasteiger partial charge in [-0.3, -0.25) is 19.4 Å². The van der Waals surface area contributed by atoms with Crippen molar-refractivity contribution in [1.29, 1.82) is 0 Å². The summed E-state index contributed by atoms with van der Waals surface area (Å²) in [6, 6.07) is 14.2. The van der Waals surface area contributed by atoms with Gasteiger partial charge in [0.05, 0.1) is 29.8 Å². The van der Waals surface area contributed by atoms with Crippen LogP contribution in [-0.4, -0.2) is 86.1 Å². The van der Waals surface area contributed by atoms with Crippen molar-refractivity contribution in [3.8, 4) is 0 Å². The van der Waals surface area contributed by atoms with Crippen molar-refractivity contribution >= 4 is 34.2 Å². The van der Waals surface area contributed by atoms with E-state index in [2.05, 4.69) is 15.3 Å². The van der Waals surface area contributed by atoms with Gasteiger partial charge in [-0.1, -0.05) is 82.3 Å². The highest BCUT2D eigenvalue weighted by Gasteiger charge is 2.35. The van der Waals surface area contributed by atoms with E-state index in [1.54, 1.807) is 28.4 Å². The van der Waals surface area contributed by atoms with Crippen molar-refractivity contribution in [2.45, 2.75) is 116 Å². The fraction of sp³-hybridized carbons (Fsp3) is 0.585. The van der Waals surface area contributed by atoms with Crippen LogP contribution in [0.1, 0.15) is 102 Å². The number of rotatable bonds is 20.